The Morgan fingerprint density at radius 2 is 1.91 bits per heavy atom. The van der Waals surface area contributed by atoms with Gasteiger partial charge in [-0.2, -0.15) is 0 Å². The summed E-state index contributed by atoms with van der Waals surface area (Å²) in [7, 11) is 0. The number of benzene rings is 1. The molecule has 0 fully saturated rings. The molecule has 23 heavy (non-hydrogen) atoms. The summed E-state index contributed by atoms with van der Waals surface area (Å²) >= 11 is 0. The molecule has 0 saturated carbocycles. The fourth-order valence-corrected chi connectivity index (χ4v) is 1.97. The highest BCUT2D eigenvalue weighted by atomic mass is 16.3. The van der Waals surface area contributed by atoms with E-state index in [1.165, 1.54) is 0 Å². The quantitative estimate of drug-likeness (QED) is 0.652. The van der Waals surface area contributed by atoms with E-state index in [2.05, 4.69) is 16.0 Å². The number of anilines is 1. The number of amides is 2. The Kier molecular flexibility index (Phi) is 6.38. The SMILES string of the molecule is CCCNCC(=O)Nc1ccc(C(=O)NCc2ccco2)cc1. The summed E-state index contributed by atoms with van der Waals surface area (Å²) in [4.78, 5) is 23.7. The first-order valence-electron chi connectivity index (χ1n) is 7.60. The standard InChI is InChI=1S/C17H21N3O3/c1-2-9-18-12-16(21)20-14-7-5-13(6-8-14)17(22)19-11-15-4-3-10-23-15/h3-8,10,18H,2,9,11-12H2,1H3,(H,19,22)(H,20,21). The second-order valence-corrected chi connectivity index (χ2v) is 5.06. The fraction of sp³-hybridized carbons (Fsp3) is 0.294. The van der Waals surface area contributed by atoms with Gasteiger partial charge in [-0.25, -0.2) is 0 Å². The van der Waals surface area contributed by atoms with Crippen molar-refractivity contribution in [3.05, 3.63) is 54.0 Å². The third-order valence-corrected chi connectivity index (χ3v) is 3.15. The van der Waals surface area contributed by atoms with E-state index in [9.17, 15) is 9.59 Å². The maximum atomic E-state index is 12.0. The van der Waals surface area contributed by atoms with E-state index < -0.39 is 0 Å². The van der Waals surface area contributed by atoms with E-state index in [4.69, 9.17) is 4.42 Å². The molecular formula is C17H21N3O3. The smallest absolute Gasteiger partial charge is 0.251 e. The van der Waals surface area contributed by atoms with Crippen molar-refractivity contribution in [2.24, 2.45) is 0 Å². The number of hydrogen-bond acceptors (Lipinski definition) is 4. The molecule has 3 N–H and O–H groups in total. The van der Waals surface area contributed by atoms with Crippen LogP contribution in [0.25, 0.3) is 0 Å². The van der Waals surface area contributed by atoms with E-state index >= 15 is 0 Å². The first-order valence-corrected chi connectivity index (χ1v) is 7.60. The Bertz CT molecular complexity index is 621. The Hall–Kier alpha value is -2.60. The Morgan fingerprint density at radius 3 is 2.57 bits per heavy atom. The number of hydrogen-bond donors (Lipinski definition) is 3. The lowest BCUT2D eigenvalue weighted by Gasteiger charge is -2.07. The molecule has 6 heteroatoms. The number of rotatable bonds is 8. The summed E-state index contributed by atoms with van der Waals surface area (Å²) in [5.41, 5.74) is 1.19. The molecule has 1 aromatic heterocycles. The number of furan rings is 1. The molecule has 2 rings (SSSR count). The van der Waals surface area contributed by atoms with E-state index in [0.29, 0.717) is 23.6 Å². The first kappa shape index (κ1) is 16.8. The third-order valence-electron chi connectivity index (χ3n) is 3.15. The minimum atomic E-state index is -0.191. The second-order valence-electron chi connectivity index (χ2n) is 5.06. The van der Waals surface area contributed by atoms with Crippen LogP contribution in [0.2, 0.25) is 0 Å². The molecule has 0 radical (unpaired) electrons. The van der Waals surface area contributed by atoms with Crippen molar-refractivity contribution in [2.45, 2.75) is 19.9 Å². The average Bonchev–Trinajstić information content (AvgIpc) is 3.07. The van der Waals surface area contributed by atoms with E-state index in [-0.39, 0.29) is 18.4 Å². The van der Waals surface area contributed by atoms with Gasteiger partial charge in [-0.05, 0) is 49.4 Å². The predicted molar refractivity (Wildman–Crippen MR) is 88.1 cm³/mol. The molecule has 0 aliphatic rings. The summed E-state index contributed by atoms with van der Waals surface area (Å²) in [6, 6.07) is 10.3. The van der Waals surface area contributed by atoms with Crippen LogP contribution >= 0.6 is 0 Å². The second kappa shape index (κ2) is 8.75. The van der Waals surface area contributed by atoms with Crippen molar-refractivity contribution in [1.29, 1.82) is 0 Å². The number of carbonyl (C=O) groups excluding carboxylic acids is 2. The normalized spacial score (nSPS) is 10.3. The Morgan fingerprint density at radius 1 is 1.13 bits per heavy atom. The van der Waals surface area contributed by atoms with Gasteiger partial charge in [-0.3, -0.25) is 9.59 Å². The van der Waals surface area contributed by atoms with Gasteiger partial charge in [-0.1, -0.05) is 6.92 Å². The van der Waals surface area contributed by atoms with Gasteiger partial charge in [0.25, 0.3) is 5.91 Å². The van der Waals surface area contributed by atoms with Gasteiger partial charge in [0.05, 0.1) is 19.4 Å². The van der Waals surface area contributed by atoms with Crippen molar-refractivity contribution in [3.63, 3.8) is 0 Å². The highest BCUT2D eigenvalue weighted by Gasteiger charge is 2.07. The van der Waals surface area contributed by atoms with Gasteiger partial charge < -0.3 is 20.4 Å². The highest BCUT2D eigenvalue weighted by molar-refractivity contribution is 5.96. The molecule has 0 aliphatic heterocycles. The summed E-state index contributed by atoms with van der Waals surface area (Å²) in [5.74, 6) is 0.402. The van der Waals surface area contributed by atoms with Crippen LogP contribution in [0.15, 0.2) is 47.1 Å². The molecule has 0 aliphatic carbocycles. The van der Waals surface area contributed by atoms with Gasteiger partial charge >= 0.3 is 0 Å². The molecule has 0 bridgehead atoms. The van der Waals surface area contributed by atoms with E-state index in [1.54, 1.807) is 42.7 Å². The van der Waals surface area contributed by atoms with Crippen LogP contribution in [0.4, 0.5) is 5.69 Å². The zero-order chi connectivity index (χ0) is 16.5. The molecule has 2 aromatic rings. The van der Waals surface area contributed by atoms with Crippen LogP contribution in [0, 0.1) is 0 Å². The summed E-state index contributed by atoms with van der Waals surface area (Å²) in [6.07, 6.45) is 2.55. The van der Waals surface area contributed by atoms with Crippen molar-refractivity contribution in [2.75, 3.05) is 18.4 Å². The molecular weight excluding hydrogens is 294 g/mol. The van der Waals surface area contributed by atoms with Crippen LogP contribution in [-0.4, -0.2) is 24.9 Å². The minimum Gasteiger partial charge on any atom is -0.467 e. The van der Waals surface area contributed by atoms with Crippen LogP contribution in [-0.2, 0) is 11.3 Å². The van der Waals surface area contributed by atoms with Crippen molar-refractivity contribution in [1.82, 2.24) is 10.6 Å². The lowest BCUT2D eigenvalue weighted by Crippen LogP contribution is -2.28. The largest absolute Gasteiger partial charge is 0.467 e. The molecule has 0 saturated heterocycles. The highest BCUT2D eigenvalue weighted by Crippen LogP contribution is 2.10. The number of carbonyl (C=O) groups is 2. The molecule has 122 valence electrons. The summed E-state index contributed by atoms with van der Waals surface area (Å²) < 4.78 is 5.15. The van der Waals surface area contributed by atoms with Gasteiger partial charge in [0.1, 0.15) is 5.76 Å². The predicted octanol–water partition coefficient (Wildman–Crippen LogP) is 2.15. The molecule has 1 heterocycles. The molecule has 0 atom stereocenters. The van der Waals surface area contributed by atoms with Gasteiger partial charge in [-0.15, -0.1) is 0 Å². The maximum Gasteiger partial charge on any atom is 0.251 e. The Labute approximate surface area is 135 Å². The molecule has 1 aromatic carbocycles. The topological polar surface area (TPSA) is 83.4 Å². The van der Waals surface area contributed by atoms with Crippen LogP contribution in [0.3, 0.4) is 0 Å². The van der Waals surface area contributed by atoms with Crippen LogP contribution in [0.1, 0.15) is 29.5 Å². The maximum absolute atomic E-state index is 12.0. The lowest BCUT2D eigenvalue weighted by atomic mass is 10.2. The molecule has 2 amide bonds. The Balaban J connectivity index is 1.81. The first-order chi connectivity index (χ1) is 11.2. The number of nitrogens with one attached hydrogen (secondary N) is 3. The summed E-state index contributed by atoms with van der Waals surface area (Å²) in [5, 5.41) is 8.57. The van der Waals surface area contributed by atoms with Crippen molar-refractivity contribution < 1.29 is 14.0 Å². The van der Waals surface area contributed by atoms with E-state index in [1.807, 2.05) is 6.92 Å². The third kappa shape index (κ3) is 5.60. The monoisotopic (exact) mass is 315 g/mol. The zero-order valence-electron chi connectivity index (χ0n) is 13.1. The molecule has 0 unspecified atom stereocenters. The summed E-state index contributed by atoms with van der Waals surface area (Å²) in [6.45, 7) is 3.47. The van der Waals surface area contributed by atoms with Crippen molar-refractivity contribution in [3.8, 4) is 0 Å². The fourth-order valence-electron chi connectivity index (χ4n) is 1.97. The van der Waals surface area contributed by atoms with Gasteiger partial charge in [0.2, 0.25) is 5.91 Å². The zero-order valence-corrected chi connectivity index (χ0v) is 13.1. The molecule has 6 nitrogen and oxygen atoms in total. The van der Waals surface area contributed by atoms with Gasteiger partial charge in [0, 0.05) is 11.3 Å². The van der Waals surface area contributed by atoms with Gasteiger partial charge in [0.15, 0.2) is 0 Å². The lowest BCUT2D eigenvalue weighted by molar-refractivity contribution is -0.115. The average molecular weight is 315 g/mol. The minimum absolute atomic E-state index is 0.103. The molecule has 0 spiro atoms. The van der Waals surface area contributed by atoms with Crippen LogP contribution < -0.4 is 16.0 Å². The van der Waals surface area contributed by atoms with Crippen LogP contribution in [0.5, 0.6) is 0 Å². The van der Waals surface area contributed by atoms with E-state index in [0.717, 1.165) is 13.0 Å². The van der Waals surface area contributed by atoms with Crippen molar-refractivity contribution >= 4 is 17.5 Å².